The van der Waals surface area contributed by atoms with Gasteiger partial charge in [-0.1, -0.05) is 31.9 Å². The molecule has 0 heterocycles. The van der Waals surface area contributed by atoms with Gasteiger partial charge in [-0.15, -0.1) is 0 Å². The van der Waals surface area contributed by atoms with Crippen molar-refractivity contribution in [1.29, 1.82) is 0 Å². The van der Waals surface area contributed by atoms with Gasteiger partial charge in [0.1, 0.15) is 5.84 Å². The molecular formula is C14H21ClN4. The van der Waals surface area contributed by atoms with E-state index < -0.39 is 0 Å². The zero-order chi connectivity index (χ0) is 14.3. The van der Waals surface area contributed by atoms with Crippen LogP contribution in [0.3, 0.4) is 0 Å². The first-order valence-electron chi connectivity index (χ1n) is 6.40. The van der Waals surface area contributed by atoms with E-state index in [0.717, 1.165) is 19.3 Å². The topological polar surface area (TPSA) is 76.8 Å². The number of aliphatic imine (C=N–C) groups is 2. The smallest absolute Gasteiger partial charge is 0.222 e. The maximum Gasteiger partial charge on any atom is 0.222 e. The van der Waals surface area contributed by atoms with Crippen molar-refractivity contribution in [2.45, 2.75) is 33.1 Å². The molecule has 1 aromatic carbocycles. The number of guanidine groups is 1. The van der Waals surface area contributed by atoms with Gasteiger partial charge in [0.2, 0.25) is 5.96 Å². The van der Waals surface area contributed by atoms with Crippen molar-refractivity contribution in [2.75, 3.05) is 0 Å². The minimum Gasteiger partial charge on any atom is -0.387 e. The number of rotatable bonds is 5. The first kappa shape index (κ1) is 15.5. The van der Waals surface area contributed by atoms with Crippen LogP contribution in [0.4, 0.5) is 5.69 Å². The highest BCUT2D eigenvalue weighted by Gasteiger charge is 1.98. The van der Waals surface area contributed by atoms with Crippen molar-refractivity contribution < 1.29 is 0 Å². The van der Waals surface area contributed by atoms with Gasteiger partial charge >= 0.3 is 0 Å². The van der Waals surface area contributed by atoms with Crippen LogP contribution in [0.5, 0.6) is 0 Å². The number of benzene rings is 1. The molecule has 0 fully saturated rings. The second-order valence-corrected chi connectivity index (χ2v) is 5.27. The van der Waals surface area contributed by atoms with Gasteiger partial charge in [-0.25, -0.2) is 9.98 Å². The zero-order valence-electron chi connectivity index (χ0n) is 11.4. The van der Waals surface area contributed by atoms with Gasteiger partial charge in [0.05, 0.1) is 5.69 Å². The predicted molar refractivity (Wildman–Crippen MR) is 83.0 cm³/mol. The highest BCUT2D eigenvalue weighted by Crippen LogP contribution is 2.16. The van der Waals surface area contributed by atoms with Crippen LogP contribution in [0.2, 0.25) is 5.02 Å². The monoisotopic (exact) mass is 280 g/mol. The fourth-order valence-corrected chi connectivity index (χ4v) is 1.69. The molecule has 0 amide bonds. The lowest BCUT2D eigenvalue weighted by molar-refractivity contribution is 0.564. The standard InChI is InChI=1S/C14H21ClN4/c1-10(2)4-3-5-13(16)19-14(17)18-12-8-6-11(15)7-9-12/h6-10H,3-5H2,1-2H3,(H4,16,17,18,19). The van der Waals surface area contributed by atoms with E-state index in [9.17, 15) is 0 Å². The Kier molecular flexibility index (Phi) is 6.36. The van der Waals surface area contributed by atoms with Crippen LogP contribution >= 0.6 is 11.6 Å². The summed E-state index contributed by atoms with van der Waals surface area (Å²) in [4.78, 5) is 8.23. The molecule has 1 rings (SSSR count). The molecule has 0 radical (unpaired) electrons. The van der Waals surface area contributed by atoms with E-state index in [0.29, 0.717) is 22.5 Å². The maximum absolute atomic E-state index is 5.81. The molecule has 1 aromatic rings. The molecule has 0 aliphatic carbocycles. The van der Waals surface area contributed by atoms with E-state index in [4.69, 9.17) is 23.1 Å². The Morgan fingerprint density at radius 3 is 2.42 bits per heavy atom. The molecule has 4 N–H and O–H groups in total. The summed E-state index contributed by atoms with van der Waals surface area (Å²) < 4.78 is 0. The first-order chi connectivity index (χ1) is 8.97. The van der Waals surface area contributed by atoms with Crippen LogP contribution in [0.25, 0.3) is 0 Å². The molecular weight excluding hydrogens is 260 g/mol. The van der Waals surface area contributed by atoms with Crippen molar-refractivity contribution >= 4 is 29.1 Å². The average molecular weight is 281 g/mol. The van der Waals surface area contributed by atoms with E-state index in [1.165, 1.54) is 0 Å². The van der Waals surface area contributed by atoms with E-state index in [1.54, 1.807) is 24.3 Å². The van der Waals surface area contributed by atoms with Gasteiger partial charge in [-0.2, -0.15) is 0 Å². The first-order valence-corrected chi connectivity index (χ1v) is 6.78. The molecule has 0 saturated heterocycles. The Morgan fingerprint density at radius 1 is 1.21 bits per heavy atom. The zero-order valence-corrected chi connectivity index (χ0v) is 12.2. The third kappa shape index (κ3) is 6.82. The maximum atomic E-state index is 5.81. The van der Waals surface area contributed by atoms with Crippen LogP contribution in [0.15, 0.2) is 34.3 Å². The van der Waals surface area contributed by atoms with Crippen LogP contribution in [0.1, 0.15) is 33.1 Å². The summed E-state index contributed by atoms with van der Waals surface area (Å²) in [5.74, 6) is 1.37. The molecule has 5 heteroatoms. The lowest BCUT2D eigenvalue weighted by Crippen LogP contribution is -2.18. The molecule has 19 heavy (non-hydrogen) atoms. The van der Waals surface area contributed by atoms with Crippen molar-refractivity contribution in [2.24, 2.45) is 27.4 Å². The average Bonchev–Trinajstić information content (AvgIpc) is 2.31. The molecule has 0 spiro atoms. The molecule has 0 aromatic heterocycles. The van der Waals surface area contributed by atoms with Crippen LogP contribution < -0.4 is 11.5 Å². The van der Waals surface area contributed by atoms with Crippen molar-refractivity contribution in [3.05, 3.63) is 29.3 Å². The third-order valence-corrected chi connectivity index (χ3v) is 2.79. The molecule has 0 unspecified atom stereocenters. The summed E-state index contributed by atoms with van der Waals surface area (Å²) in [6.07, 6.45) is 2.89. The SMILES string of the molecule is CC(C)CCCC(N)=NC(N)=Nc1ccc(Cl)cc1. The fraction of sp³-hybridized carbons (Fsp3) is 0.429. The Labute approximate surface area is 119 Å². The number of hydrogen-bond donors (Lipinski definition) is 2. The second kappa shape index (κ2) is 7.79. The predicted octanol–water partition coefficient (Wildman–Crippen LogP) is 3.47. The number of hydrogen-bond acceptors (Lipinski definition) is 1. The minimum atomic E-state index is 0.171. The molecule has 4 nitrogen and oxygen atoms in total. The molecule has 0 aliphatic heterocycles. The second-order valence-electron chi connectivity index (χ2n) is 4.84. The minimum absolute atomic E-state index is 0.171. The van der Waals surface area contributed by atoms with Gasteiger partial charge in [0, 0.05) is 11.4 Å². The summed E-state index contributed by atoms with van der Waals surface area (Å²) in [6.45, 7) is 4.37. The summed E-state index contributed by atoms with van der Waals surface area (Å²) in [5.41, 5.74) is 12.2. The lowest BCUT2D eigenvalue weighted by Gasteiger charge is -2.04. The summed E-state index contributed by atoms with van der Waals surface area (Å²) in [5, 5.41) is 0.661. The summed E-state index contributed by atoms with van der Waals surface area (Å²) >= 11 is 5.79. The largest absolute Gasteiger partial charge is 0.387 e. The molecule has 0 bridgehead atoms. The van der Waals surface area contributed by atoms with Crippen LogP contribution in [-0.2, 0) is 0 Å². The quantitative estimate of drug-likeness (QED) is 0.640. The van der Waals surface area contributed by atoms with Crippen molar-refractivity contribution in [3.8, 4) is 0 Å². The molecule has 104 valence electrons. The Hall–Kier alpha value is -1.55. The van der Waals surface area contributed by atoms with E-state index in [1.807, 2.05) is 0 Å². The van der Waals surface area contributed by atoms with Crippen LogP contribution in [0, 0.1) is 5.92 Å². The van der Waals surface area contributed by atoms with Crippen molar-refractivity contribution in [1.82, 2.24) is 0 Å². The van der Waals surface area contributed by atoms with E-state index >= 15 is 0 Å². The number of halogens is 1. The van der Waals surface area contributed by atoms with Gasteiger partial charge in [-0.05, 0) is 36.6 Å². The molecule has 0 aliphatic rings. The van der Waals surface area contributed by atoms with Crippen LogP contribution in [-0.4, -0.2) is 11.8 Å². The van der Waals surface area contributed by atoms with Crippen molar-refractivity contribution in [3.63, 3.8) is 0 Å². The third-order valence-electron chi connectivity index (χ3n) is 2.54. The molecule has 0 saturated carbocycles. The lowest BCUT2D eigenvalue weighted by atomic mass is 10.1. The van der Waals surface area contributed by atoms with Gasteiger partial charge < -0.3 is 11.5 Å². The number of nitrogens with zero attached hydrogens (tertiary/aromatic N) is 2. The Balaban J connectivity index is 2.56. The van der Waals surface area contributed by atoms with Gasteiger partial charge in [0.15, 0.2) is 0 Å². The number of nitrogens with two attached hydrogens (primary N) is 2. The van der Waals surface area contributed by atoms with E-state index in [2.05, 4.69) is 23.8 Å². The normalized spacial score (nSPS) is 13.1. The molecule has 0 atom stereocenters. The fourth-order valence-electron chi connectivity index (χ4n) is 1.57. The van der Waals surface area contributed by atoms with Gasteiger partial charge in [-0.3, -0.25) is 0 Å². The highest BCUT2D eigenvalue weighted by atomic mass is 35.5. The van der Waals surface area contributed by atoms with E-state index in [-0.39, 0.29) is 5.96 Å². The Morgan fingerprint density at radius 2 is 1.84 bits per heavy atom. The highest BCUT2D eigenvalue weighted by molar-refractivity contribution is 6.30. The summed E-state index contributed by atoms with van der Waals surface area (Å²) in [6, 6.07) is 7.06. The summed E-state index contributed by atoms with van der Waals surface area (Å²) in [7, 11) is 0. The van der Waals surface area contributed by atoms with Gasteiger partial charge in [0.25, 0.3) is 0 Å². The number of amidine groups is 1. The Bertz CT molecular complexity index is 449.